The van der Waals surface area contributed by atoms with E-state index >= 15 is 0 Å². The number of carbonyl (C=O) groups is 2. The van der Waals surface area contributed by atoms with Gasteiger partial charge in [-0.15, -0.1) is 0 Å². The maximum Gasteiger partial charge on any atom is 0.330 e. The summed E-state index contributed by atoms with van der Waals surface area (Å²) in [7, 11) is 1.45. The zero-order valence-corrected chi connectivity index (χ0v) is 34.0. The van der Waals surface area contributed by atoms with Gasteiger partial charge in [0.2, 0.25) is 0 Å². The maximum atomic E-state index is 12.3. The third-order valence-corrected chi connectivity index (χ3v) is 8.83. The topological polar surface area (TPSA) is 130 Å². The van der Waals surface area contributed by atoms with E-state index in [1.807, 2.05) is 47.1 Å². The molecule has 0 radical (unpaired) electrons. The number of phosphoric acid groups is 1. The molecule has 0 aromatic rings. The standard InChI is InChI=1S/C40H72NO10P/c1-6-8-22-28-39(42)48-33-26-20-16-11-10-14-18-24-31-46-36-38(37-51-52(44,45)50-35-30-41(3,4)5)47-32-25-19-15-12-13-17-21-27-34-49-40(43)29-23-9-7-2/h6-9,22-23,28-29,38H,10-21,24-27,30-37H2,1-5H3/b8-6+,9-7+,28-22+,29-23+. The van der Waals surface area contributed by atoms with Gasteiger partial charge >= 0.3 is 11.9 Å². The summed E-state index contributed by atoms with van der Waals surface area (Å²) in [5.74, 6) is -0.599. The van der Waals surface area contributed by atoms with Gasteiger partial charge in [0.1, 0.15) is 19.3 Å². The minimum Gasteiger partial charge on any atom is -0.756 e. The van der Waals surface area contributed by atoms with Crippen LogP contribution in [0.4, 0.5) is 0 Å². The number of allylic oxidation sites excluding steroid dienone is 6. The Hall–Kier alpha value is -2.11. The highest BCUT2D eigenvalue weighted by atomic mass is 31.2. The van der Waals surface area contributed by atoms with E-state index in [4.69, 9.17) is 28.0 Å². The van der Waals surface area contributed by atoms with Gasteiger partial charge in [-0.05, 0) is 39.5 Å². The Kier molecular flexibility index (Phi) is 33.2. The predicted molar refractivity (Wildman–Crippen MR) is 207 cm³/mol. The van der Waals surface area contributed by atoms with E-state index in [0.29, 0.717) is 37.5 Å². The van der Waals surface area contributed by atoms with E-state index in [9.17, 15) is 19.0 Å². The molecule has 2 atom stereocenters. The molecule has 0 amide bonds. The average molecular weight is 758 g/mol. The molecule has 0 saturated carbocycles. The molecule has 302 valence electrons. The Balaban J connectivity index is 4.19. The van der Waals surface area contributed by atoms with E-state index in [-0.39, 0.29) is 31.8 Å². The molecule has 0 rings (SSSR count). The van der Waals surface area contributed by atoms with E-state index in [1.54, 1.807) is 24.3 Å². The quantitative estimate of drug-likeness (QED) is 0.0154. The van der Waals surface area contributed by atoms with Crippen LogP contribution in [0.1, 0.15) is 117 Å². The number of hydrogen-bond acceptors (Lipinski definition) is 10. The van der Waals surface area contributed by atoms with Crippen molar-refractivity contribution in [1.29, 1.82) is 0 Å². The molecule has 0 aliphatic rings. The van der Waals surface area contributed by atoms with E-state index in [2.05, 4.69) is 0 Å². The fourth-order valence-corrected chi connectivity index (χ4v) is 5.54. The number of ether oxygens (including phenoxy) is 4. The molecule has 0 aromatic carbocycles. The first-order chi connectivity index (χ1) is 25.0. The van der Waals surface area contributed by atoms with Crippen LogP contribution >= 0.6 is 7.82 Å². The van der Waals surface area contributed by atoms with Crippen LogP contribution in [0, 0.1) is 0 Å². The summed E-state index contributed by atoms with van der Waals surface area (Å²) in [6, 6.07) is 0. The van der Waals surface area contributed by atoms with Crippen LogP contribution in [0.3, 0.4) is 0 Å². The van der Waals surface area contributed by atoms with Crippen molar-refractivity contribution >= 4 is 19.8 Å². The molecule has 0 bridgehead atoms. The van der Waals surface area contributed by atoms with Crippen LogP contribution in [0.15, 0.2) is 48.6 Å². The fraction of sp³-hybridized carbons (Fsp3) is 0.750. The molecular formula is C40H72NO10P. The molecule has 0 heterocycles. The minimum atomic E-state index is -4.44. The number of phosphoric ester groups is 1. The van der Waals surface area contributed by atoms with Gasteiger partial charge in [0.15, 0.2) is 0 Å². The van der Waals surface area contributed by atoms with Crippen molar-refractivity contribution in [2.24, 2.45) is 0 Å². The maximum absolute atomic E-state index is 12.3. The molecule has 2 unspecified atom stereocenters. The average Bonchev–Trinajstić information content (AvgIpc) is 3.08. The van der Waals surface area contributed by atoms with Gasteiger partial charge < -0.3 is 37.4 Å². The Morgan fingerprint density at radius 1 is 0.577 bits per heavy atom. The third kappa shape index (κ3) is 37.6. The van der Waals surface area contributed by atoms with Crippen molar-refractivity contribution in [2.75, 3.05) is 73.9 Å². The van der Waals surface area contributed by atoms with Crippen LogP contribution in [-0.2, 0) is 42.1 Å². The van der Waals surface area contributed by atoms with Crippen LogP contribution < -0.4 is 4.89 Å². The van der Waals surface area contributed by atoms with E-state index in [1.165, 1.54) is 12.2 Å². The van der Waals surface area contributed by atoms with Crippen molar-refractivity contribution in [3.63, 3.8) is 0 Å². The number of quaternary nitrogens is 1. The summed E-state index contributed by atoms with van der Waals surface area (Å²) in [5, 5.41) is 0. The molecule has 0 fully saturated rings. The van der Waals surface area contributed by atoms with Crippen molar-refractivity contribution in [3.8, 4) is 0 Å². The normalized spacial score (nSPS) is 14.2. The van der Waals surface area contributed by atoms with Gasteiger partial charge in [-0.3, -0.25) is 4.57 Å². The van der Waals surface area contributed by atoms with E-state index in [0.717, 1.165) is 103 Å². The minimum absolute atomic E-state index is 0.0547. The highest BCUT2D eigenvalue weighted by Crippen LogP contribution is 2.38. The number of esters is 2. The van der Waals surface area contributed by atoms with E-state index < -0.39 is 13.9 Å². The Bertz CT molecular complexity index is 1040. The van der Waals surface area contributed by atoms with Gasteiger partial charge in [-0.1, -0.05) is 114 Å². The largest absolute Gasteiger partial charge is 0.756 e. The predicted octanol–water partition coefficient (Wildman–Crippen LogP) is 8.19. The highest BCUT2D eigenvalue weighted by Gasteiger charge is 2.18. The van der Waals surface area contributed by atoms with Crippen molar-refractivity contribution in [2.45, 2.75) is 123 Å². The Labute approximate surface area is 316 Å². The molecule has 0 aliphatic carbocycles. The monoisotopic (exact) mass is 757 g/mol. The SMILES string of the molecule is C/C=C/C=C/C(=O)OCCCCCCCCCCOCC(COP(=O)([O-])OCC[N+](C)(C)C)OCCCCCCCCCCOC(=O)/C=C/C=C/C. The molecule has 0 aliphatic heterocycles. The summed E-state index contributed by atoms with van der Waals surface area (Å²) in [5.41, 5.74) is 0. The molecular weight excluding hydrogens is 685 g/mol. The van der Waals surface area contributed by atoms with Gasteiger partial charge in [-0.25, -0.2) is 9.59 Å². The lowest BCUT2D eigenvalue weighted by Gasteiger charge is -2.28. The van der Waals surface area contributed by atoms with Crippen LogP contribution in [-0.4, -0.2) is 96.5 Å². The number of carbonyl (C=O) groups excluding carboxylic acids is 2. The second kappa shape index (κ2) is 34.6. The zero-order chi connectivity index (χ0) is 38.6. The summed E-state index contributed by atoms with van der Waals surface area (Å²) < 4.78 is 45.4. The molecule has 0 spiro atoms. The summed E-state index contributed by atoms with van der Waals surface area (Å²) in [4.78, 5) is 35.4. The molecule has 52 heavy (non-hydrogen) atoms. The number of unbranched alkanes of at least 4 members (excludes halogenated alkanes) is 14. The second-order valence-corrected chi connectivity index (χ2v) is 15.3. The lowest BCUT2D eigenvalue weighted by Crippen LogP contribution is -2.37. The molecule has 11 nitrogen and oxygen atoms in total. The first kappa shape index (κ1) is 49.9. The first-order valence-electron chi connectivity index (χ1n) is 19.5. The van der Waals surface area contributed by atoms with Gasteiger partial charge in [-0.2, -0.15) is 0 Å². The fourth-order valence-electron chi connectivity index (χ4n) is 4.81. The smallest absolute Gasteiger partial charge is 0.330 e. The lowest BCUT2D eigenvalue weighted by molar-refractivity contribution is -0.870. The zero-order valence-electron chi connectivity index (χ0n) is 33.1. The third-order valence-electron chi connectivity index (χ3n) is 7.87. The lowest BCUT2D eigenvalue weighted by atomic mass is 10.1. The summed E-state index contributed by atoms with van der Waals surface area (Å²) in [6.45, 7) is 6.50. The van der Waals surface area contributed by atoms with Crippen LogP contribution in [0.2, 0.25) is 0 Å². The number of nitrogens with zero attached hydrogens (tertiary/aromatic N) is 1. The van der Waals surface area contributed by atoms with Gasteiger partial charge in [0.05, 0.1) is 47.6 Å². The van der Waals surface area contributed by atoms with Crippen molar-refractivity contribution in [3.05, 3.63) is 48.6 Å². The van der Waals surface area contributed by atoms with Crippen LogP contribution in [0.25, 0.3) is 0 Å². The Morgan fingerprint density at radius 3 is 1.44 bits per heavy atom. The molecule has 12 heteroatoms. The molecule has 0 aromatic heterocycles. The molecule has 0 saturated heterocycles. The summed E-state index contributed by atoms with van der Waals surface area (Å²) in [6.07, 6.45) is 29.8. The van der Waals surface area contributed by atoms with Crippen molar-refractivity contribution in [1.82, 2.24) is 0 Å². The number of hydrogen-bond donors (Lipinski definition) is 0. The second-order valence-electron chi connectivity index (χ2n) is 13.9. The Morgan fingerprint density at radius 2 is 1.00 bits per heavy atom. The van der Waals surface area contributed by atoms with Gasteiger partial charge in [0, 0.05) is 25.4 Å². The van der Waals surface area contributed by atoms with Crippen LogP contribution in [0.5, 0.6) is 0 Å². The van der Waals surface area contributed by atoms with Crippen molar-refractivity contribution < 1.29 is 51.5 Å². The van der Waals surface area contributed by atoms with Gasteiger partial charge in [0.25, 0.3) is 7.82 Å². The molecule has 0 N–H and O–H groups in total. The number of likely N-dealkylation sites (N-methyl/N-ethyl adjacent to an activating group) is 1. The summed E-state index contributed by atoms with van der Waals surface area (Å²) >= 11 is 0. The first-order valence-corrected chi connectivity index (χ1v) is 21.0. The highest BCUT2D eigenvalue weighted by molar-refractivity contribution is 7.45. The number of rotatable bonds is 36.